The van der Waals surface area contributed by atoms with Crippen molar-refractivity contribution in [3.63, 3.8) is 0 Å². The summed E-state index contributed by atoms with van der Waals surface area (Å²) >= 11 is 0. The van der Waals surface area contributed by atoms with Gasteiger partial charge in [-0.2, -0.15) is 4.68 Å². The lowest BCUT2D eigenvalue weighted by Crippen LogP contribution is -2.47. The van der Waals surface area contributed by atoms with Crippen molar-refractivity contribution in [3.8, 4) is 5.69 Å². The lowest BCUT2D eigenvalue weighted by atomic mass is 10.2. The summed E-state index contributed by atoms with van der Waals surface area (Å²) in [5.41, 5.74) is 1.68. The van der Waals surface area contributed by atoms with E-state index in [0.29, 0.717) is 37.8 Å². The fraction of sp³-hybridized carbons (Fsp3) is 0.235. The van der Waals surface area contributed by atoms with Crippen LogP contribution in [0.3, 0.4) is 0 Å². The third kappa shape index (κ3) is 2.94. The second-order valence-electron chi connectivity index (χ2n) is 5.95. The van der Waals surface area contributed by atoms with Crippen molar-refractivity contribution in [1.29, 1.82) is 0 Å². The van der Waals surface area contributed by atoms with Gasteiger partial charge in [-0.1, -0.05) is 35.4 Å². The second-order valence-corrected chi connectivity index (χ2v) is 5.95. The Morgan fingerprint density at radius 1 is 0.885 bits per heavy atom. The van der Waals surface area contributed by atoms with Crippen LogP contribution >= 0.6 is 0 Å². The van der Waals surface area contributed by atoms with Crippen molar-refractivity contribution in [2.24, 2.45) is 0 Å². The average Bonchev–Trinajstić information content (AvgIpc) is 3.18. The monoisotopic (exact) mass is 351 g/mol. The minimum Gasteiger partial charge on any atom is -0.362 e. The van der Waals surface area contributed by atoms with Crippen molar-refractivity contribution >= 4 is 17.3 Å². The SMILES string of the molecule is O=[N+]([O-])c1ccccc1N1CCN(c2nnnn2-c2ccccc2)CC1. The van der Waals surface area contributed by atoms with Crippen molar-refractivity contribution in [3.05, 3.63) is 64.7 Å². The van der Waals surface area contributed by atoms with Gasteiger partial charge in [0.1, 0.15) is 5.69 Å². The molecule has 1 fully saturated rings. The smallest absolute Gasteiger partial charge is 0.292 e. The number of nitrogens with zero attached hydrogens (tertiary/aromatic N) is 7. The first-order valence-electron chi connectivity index (χ1n) is 8.31. The summed E-state index contributed by atoms with van der Waals surface area (Å²) in [7, 11) is 0. The summed E-state index contributed by atoms with van der Waals surface area (Å²) in [6, 6.07) is 16.6. The number of hydrogen-bond acceptors (Lipinski definition) is 7. The molecule has 26 heavy (non-hydrogen) atoms. The van der Waals surface area contributed by atoms with Crippen LogP contribution in [0.5, 0.6) is 0 Å². The summed E-state index contributed by atoms with van der Waals surface area (Å²) in [6.45, 7) is 2.68. The summed E-state index contributed by atoms with van der Waals surface area (Å²) in [6.07, 6.45) is 0. The van der Waals surface area contributed by atoms with Gasteiger partial charge in [0.05, 0.1) is 10.6 Å². The van der Waals surface area contributed by atoms with E-state index in [1.165, 1.54) is 6.07 Å². The summed E-state index contributed by atoms with van der Waals surface area (Å²) < 4.78 is 1.71. The Balaban J connectivity index is 1.52. The zero-order chi connectivity index (χ0) is 17.9. The van der Waals surface area contributed by atoms with E-state index in [1.807, 2.05) is 41.3 Å². The predicted molar refractivity (Wildman–Crippen MR) is 96.7 cm³/mol. The maximum absolute atomic E-state index is 11.3. The van der Waals surface area contributed by atoms with E-state index < -0.39 is 0 Å². The highest BCUT2D eigenvalue weighted by atomic mass is 16.6. The Labute approximate surface area is 149 Å². The van der Waals surface area contributed by atoms with Crippen LogP contribution in [0.2, 0.25) is 0 Å². The minimum absolute atomic E-state index is 0.134. The van der Waals surface area contributed by atoms with Crippen LogP contribution in [-0.4, -0.2) is 51.3 Å². The van der Waals surface area contributed by atoms with Crippen LogP contribution in [0.25, 0.3) is 5.69 Å². The van der Waals surface area contributed by atoms with Crippen LogP contribution < -0.4 is 9.80 Å². The molecule has 2 aromatic carbocycles. The number of rotatable bonds is 4. The minimum atomic E-state index is -0.336. The molecule has 1 saturated heterocycles. The normalized spacial score (nSPS) is 14.5. The molecule has 4 rings (SSSR count). The van der Waals surface area contributed by atoms with Gasteiger partial charge in [0.15, 0.2) is 0 Å². The van der Waals surface area contributed by atoms with Gasteiger partial charge in [0.2, 0.25) is 5.95 Å². The Kier molecular flexibility index (Phi) is 4.18. The van der Waals surface area contributed by atoms with Crippen LogP contribution in [0.1, 0.15) is 0 Å². The Morgan fingerprint density at radius 2 is 1.54 bits per heavy atom. The number of benzene rings is 2. The Hall–Kier alpha value is -3.49. The van der Waals surface area contributed by atoms with Crippen molar-refractivity contribution < 1.29 is 4.92 Å². The Morgan fingerprint density at radius 3 is 2.27 bits per heavy atom. The molecule has 1 aliphatic heterocycles. The van der Waals surface area contributed by atoms with Gasteiger partial charge in [-0.3, -0.25) is 10.1 Å². The van der Waals surface area contributed by atoms with E-state index in [9.17, 15) is 10.1 Å². The van der Waals surface area contributed by atoms with E-state index in [4.69, 9.17) is 0 Å². The van der Waals surface area contributed by atoms with Gasteiger partial charge in [0.25, 0.3) is 5.69 Å². The van der Waals surface area contributed by atoms with Gasteiger partial charge in [0, 0.05) is 32.2 Å². The topological polar surface area (TPSA) is 93.2 Å². The fourth-order valence-corrected chi connectivity index (χ4v) is 3.15. The number of aromatic nitrogens is 4. The van der Waals surface area contributed by atoms with E-state index in [1.54, 1.807) is 16.8 Å². The molecule has 1 aliphatic rings. The zero-order valence-corrected chi connectivity index (χ0v) is 14.0. The molecule has 0 spiro atoms. The van der Waals surface area contributed by atoms with E-state index in [2.05, 4.69) is 20.4 Å². The van der Waals surface area contributed by atoms with Crippen LogP contribution in [0.4, 0.5) is 17.3 Å². The fourth-order valence-electron chi connectivity index (χ4n) is 3.15. The molecule has 0 atom stereocenters. The third-order valence-electron chi connectivity index (χ3n) is 4.44. The number of piperazine rings is 1. The maximum atomic E-state index is 11.3. The molecule has 132 valence electrons. The number of tetrazole rings is 1. The first-order chi connectivity index (χ1) is 12.7. The van der Waals surface area contributed by atoms with Crippen molar-refractivity contribution in [2.45, 2.75) is 0 Å². The molecular formula is C17H17N7O2. The standard InChI is InChI=1S/C17H17N7O2/c25-24(26)16-9-5-4-8-15(16)21-10-12-22(13-11-21)17-18-19-20-23(17)14-6-2-1-3-7-14/h1-9H,10-13H2. The first-order valence-corrected chi connectivity index (χ1v) is 8.31. The molecule has 3 aromatic rings. The third-order valence-corrected chi connectivity index (χ3v) is 4.44. The molecule has 2 heterocycles. The number of nitro groups is 1. The van der Waals surface area contributed by atoms with Gasteiger partial charge in [-0.15, -0.1) is 0 Å². The number of anilines is 2. The van der Waals surface area contributed by atoms with E-state index >= 15 is 0 Å². The largest absolute Gasteiger partial charge is 0.362 e. The molecule has 0 N–H and O–H groups in total. The molecule has 0 amide bonds. The van der Waals surface area contributed by atoms with E-state index in [0.717, 1.165) is 5.69 Å². The summed E-state index contributed by atoms with van der Waals surface area (Å²) in [5.74, 6) is 0.679. The Bertz CT molecular complexity index is 904. The highest BCUT2D eigenvalue weighted by Gasteiger charge is 2.25. The molecule has 9 nitrogen and oxygen atoms in total. The van der Waals surface area contributed by atoms with Crippen molar-refractivity contribution in [1.82, 2.24) is 20.2 Å². The zero-order valence-electron chi connectivity index (χ0n) is 14.0. The molecule has 0 aliphatic carbocycles. The van der Waals surface area contributed by atoms with Gasteiger partial charge in [-0.25, -0.2) is 0 Å². The average molecular weight is 351 g/mol. The first kappa shape index (κ1) is 16.0. The van der Waals surface area contributed by atoms with Gasteiger partial charge in [-0.05, 0) is 28.6 Å². The highest BCUT2D eigenvalue weighted by molar-refractivity contribution is 5.63. The molecule has 0 bridgehead atoms. The molecule has 9 heteroatoms. The van der Waals surface area contributed by atoms with Crippen molar-refractivity contribution in [2.75, 3.05) is 36.0 Å². The molecule has 1 aromatic heterocycles. The van der Waals surface area contributed by atoms with Gasteiger partial charge >= 0.3 is 0 Å². The lowest BCUT2D eigenvalue weighted by molar-refractivity contribution is -0.384. The lowest BCUT2D eigenvalue weighted by Gasteiger charge is -2.35. The number of hydrogen-bond donors (Lipinski definition) is 0. The number of nitro benzene ring substituents is 1. The summed E-state index contributed by atoms with van der Waals surface area (Å²) in [5, 5.41) is 23.3. The summed E-state index contributed by atoms with van der Waals surface area (Å²) in [4.78, 5) is 15.0. The predicted octanol–water partition coefficient (Wildman–Crippen LogP) is 1.90. The molecule has 0 saturated carbocycles. The van der Waals surface area contributed by atoms with Crippen LogP contribution in [-0.2, 0) is 0 Å². The quantitative estimate of drug-likeness (QED) is 0.523. The van der Waals surface area contributed by atoms with Crippen LogP contribution in [0, 0.1) is 10.1 Å². The van der Waals surface area contributed by atoms with E-state index in [-0.39, 0.29) is 10.6 Å². The molecular weight excluding hydrogens is 334 g/mol. The van der Waals surface area contributed by atoms with Crippen LogP contribution in [0.15, 0.2) is 54.6 Å². The number of para-hydroxylation sites is 3. The maximum Gasteiger partial charge on any atom is 0.292 e. The molecule has 0 radical (unpaired) electrons. The van der Waals surface area contributed by atoms with Gasteiger partial charge < -0.3 is 9.80 Å². The molecule has 0 unspecified atom stereocenters. The highest BCUT2D eigenvalue weighted by Crippen LogP contribution is 2.29. The second kappa shape index (κ2) is 6.79.